The van der Waals surface area contributed by atoms with E-state index in [1.807, 2.05) is 0 Å². The largest absolute Gasteiger partial charge is 0.508 e. The fourth-order valence-electron chi connectivity index (χ4n) is 7.06. The number of phenols is 1. The monoisotopic (exact) mass is 982 g/mol. The second-order valence-electron chi connectivity index (χ2n) is 16.5. The van der Waals surface area contributed by atoms with E-state index in [-0.39, 0.29) is 44.5 Å². The minimum Gasteiger partial charge on any atom is -0.508 e. The van der Waals surface area contributed by atoms with Crippen LogP contribution in [0.15, 0.2) is 24.3 Å². The molecule has 25 heteroatoms. The second kappa shape index (κ2) is 30.0. The molecule has 1 heterocycles. The van der Waals surface area contributed by atoms with E-state index < -0.39 is 133 Å². The number of thioether (sulfide) groups is 1. The van der Waals surface area contributed by atoms with Crippen LogP contribution in [0.25, 0.3) is 0 Å². The predicted octanol–water partition coefficient (Wildman–Crippen LogP) is -4.34. The molecule has 0 radical (unpaired) electrons. The molecular formula is C43H70N10O14S. The molecular weight excluding hydrogens is 913 g/mol. The molecule has 2 rings (SSSR count). The maximum absolute atomic E-state index is 14.0. The Morgan fingerprint density at radius 2 is 1.21 bits per heavy atom. The normalized spacial score (nSPS) is 17.4. The van der Waals surface area contributed by atoms with Crippen LogP contribution in [0.2, 0.25) is 0 Å². The van der Waals surface area contributed by atoms with Crippen LogP contribution in [0.1, 0.15) is 71.3 Å². The van der Waals surface area contributed by atoms with Crippen molar-refractivity contribution in [2.24, 2.45) is 17.4 Å². The van der Waals surface area contributed by atoms with Crippen LogP contribution in [0.4, 0.5) is 0 Å². The number of hydrogen-bond acceptors (Lipinski definition) is 16. The number of unbranched alkanes of at least 4 members (excludes halogenated alkanes) is 1. The van der Waals surface area contributed by atoms with Gasteiger partial charge in [-0.15, -0.1) is 0 Å². The van der Waals surface area contributed by atoms with Crippen LogP contribution < -0.4 is 48.7 Å². The zero-order chi connectivity index (χ0) is 51.1. The number of carboxylic acids is 1. The summed E-state index contributed by atoms with van der Waals surface area (Å²) in [4.78, 5) is 121. The Balaban J connectivity index is 2.34. The molecule has 0 unspecified atom stereocenters. The first kappa shape index (κ1) is 58.5. The molecule has 1 aliphatic rings. The summed E-state index contributed by atoms with van der Waals surface area (Å²) in [7, 11) is 0. The van der Waals surface area contributed by atoms with Gasteiger partial charge in [-0.3, -0.25) is 38.4 Å². The van der Waals surface area contributed by atoms with E-state index in [4.69, 9.17) is 11.5 Å². The Kier molecular flexibility index (Phi) is 25.8. The Bertz CT molecular complexity index is 1860. The van der Waals surface area contributed by atoms with Crippen molar-refractivity contribution in [2.45, 2.75) is 127 Å². The van der Waals surface area contributed by atoms with Crippen LogP contribution in [0, 0.1) is 5.92 Å². The van der Waals surface area contributed by atoms with Gasteiger partial charge in [0.05, 0.1) is 25.9 Å². The number of likely N-dealkylation sites (tertiary alicyclic amines) is 1. The molecule has 0 saturated carbocycles. The molecule has 1 aromatic rings. The highest BCUT2D eigenvalue weighted by Gasteiger charge is 2.38. The van der Waals surface area contributed by atoms with Crippen molar-refractivity contribution in [2.75, 3.05) is 44.9 Å². The molecule has 0 aromatic heterocycles. The molecule has 382 valence electrons. The van der Waals surface area contributed by atoms with Crippen LogP contribution in [-0.2, 0) is 49.6 Å². The number of carbonyl (C=O) groups is 9. The first-order valence-corrected chi connectivity index (χ1v) is 23.9. The summed E-state index contributed by atoms with van der Waals surface area (Å²) in [5.41, 5.74) is 11.8. The third-order valence-corrected chi connectivity index (χ3v) is 11.9. The van der Waals surface area contributed by atoms with Crippen molar-refractivity contribution in [3.05, 3.63) is 29.8 Å². The summed E-state index contributed by atoms with van der Waals surface area (Å²) in [6, 6.07) is -6.69. The second-order valence-corrected chi connectivity index (χ2v) is 17.5. The SMILES string of the molecule is CC[C@H](C)[C@H](NC(=O)[C@H](CO)NC(=O)[C@H](Cc1ccc(O)cc1)NC(=O)[C@H](CO)NC(=O)[C@@H]1CCCN1C(=O)[C@H](C)N)C(=O)N[C@@H](CCCCN)C(=O)N[C@@H](CCSC)C(=O)N[C@@H](CO)C(=O)O. The molecule has 16 N–H and O–H groups in total. The number of aliphatic carboxylic acids is 1. The minimum atomic E-state index is -1.72. The lowest BCUT2D eigenvalue weighted by atomic mass is 9.97. The number of carbonyl (C=O) groups excluding carboxylic acids is 8. The molecule has 8 amide bonds. The molecule has 0 spiro atoms. The van der Waals surface area contributed by atoms with E-state index in [0.29, 0.717) is 37.0 Å². The van der Waals surface area contributed by atoms with Crippen molar-refractivity contribution >= 4 is 65.0 Å². The van der Waals surface area contributed by atoms with Gasteiger partial charge in [0.25, 0.3) is 0 Å². The van der Waals surface area contributed by atoms with Crippen molar-refractivity contribution < 1.29 is 68.7 Å². The first-order chi connectivity index (χ1) is 32.3. The number of aromatic hydroxyl groups is 1. The highest BCUT2D eigenvalue weighted by Crippen LogP contribution is 2.19. The van der Waals surface area contributed by atoms with Gasteiger partial charge in [-0.1, -0.05) is 32.4 Å². The maximum Gasteiger partial charge on any atom is 0.328 e. The van der Waals surface area contributed by atoms with E-state index in [0.717, 1.165) is 0 Å². The smallest absolute Gasteiger partial charge is 0.328 e. The van der Waals surface area contributed by atoms with Gasteiger partial charge in [0.15, 0.2) is 0 Å². The number of hydrogen-bond donors (Lipinski definition) is 14. The molecule has 10 atom stereocenters. The number of carboxylic acid groups (broad SMARTS) is 1. The standard InChI is InChI=1S/C43H70N10O14S/c1-5-23(2)34(41(64)47-27(9-6-7-16-44)35(58)46-28(15-18-68-4)36(59)51-32(22-56)43(66)67)52-39(62)31(21-55)49-37(60)29(19-25-11-13-26(57)14-12-25)48-38(61)30(20-54)50-40(63)33-10-8-17-53(33)42(65)24(3)45/h11-14,23-24,27-34,54-57H,5-10,15-22,44-45H2,1-4H3,(H,46,58)(H,47,64)(H,48,61)(H,49,60)(H,50,63)(H,51,59)(H,52,62)(H,66,67)/t23-,24-,27-,28-,29-,30-,31-,32-,33-,34-/m0/s1. The number of rotatable bonds is 30. The number of nitrogens with two attached hydrogens (primary N) is 2. The van der Waals surface area contributed by atoms with Crippen molar-refractivity contribution in [1.82, 2.24) is 42.1 Å². The Labute approximate surface area is 399 Å². The fraction of sp³-hybridized carbons (Fsp3) is 0.651. The summed E-state index contributed by atoms with van der Waals surface area (Å²) in [5.74, 6) is -8.62. The number of aliphatic hydroxyl groups excluding tert-OH is 3. The Morgan fingerprint density at radius 3 is 1.75 bits per heavy atom. The topological polar surface area (TPSA) is 394 Å². The number of phenolic OH excluding ortho intramolecular Hbond substituents is 1. The summed E-state index contributed by atoms with van der Waals surface area (Å²) in [6.45, 7) is 2.51. The van der Waals surface area contributed by atoms with Gasteiger partial charge < -0.3 is 79.1 Å². The van der Waals surface area contributed by atoms with Gasteiger partial charge in [0.1, 0.15) is 54.1 Å². The van der Waals surface area contributed by atoms with Crippen molar-refractivity contribution in [3.63, 3.8) is 0 Å². The zero-order valence-corrected chi connectivity index (χ0v) is 39.7. The minimum absolute atomic E-state index is 0.0394. The lowest BCUT2D eigenvalue weighted by molar-refractivity contribution is -0.143. The Morgan fingerprint density at radius 1 is 0.706 bits per heavy atom. The fourth-order valence-corrected chi connectivity index (χ4v) is 7.53. The molecule has 1 saturated heterocycles. The highest BCUT2D eigenvalue weighted by atomic mass is 32.2. The van der Waals surface area contributed by atoms with E-state index >= 15 is 0 Å². The van der Waals surface area contributed by atoms with Crippen LogP contribution in [0.5, 0.6) is 5.75 Å². The van der Waals surface area contributed by atoms with Gasteiger partial charge in [-0.2, -0.15) is 11.8 Å². The molecule has 0 bridgehead atoms. The van der Waals surface area contributed by atoms with E-state index in [2.05, 4.69) is 37.2 Å². The molecule has 0 aliphatic carbocycles. The Hall–Kier alpha value is -5.60. The predicted molar refractivity (Wildman–Crippen MR) is 248 cm³/mol. The van der Waals surface area contributed by atoms with E-state index in [1.165, 1.54) is 47.9 Å². The van der Waals surface area contributed by atoms with Crippen LogP contribution in [0.3, 0.4) is 0 Å². The third-order valence-electron chi connectivity index (χ3n) is 11.3. The molecule has 68 heavy (non-hydrogen) atoms. The molecule has 1 fully saturated rings. The first-order valence-electron chi connectivity index (χ1n) is 22.5. The van der Waals surface area contributed by atoms with Gasteiger partial charge in [-0.25, -0.2) is 4.79 Å². The molecule has 1 aliphatic heterocycles. The summed E-state index contributed by atoms with van der Waals surface area (Å²) in [5, 5.41) is 66.3. The highest BCUT2D eigenvalue weighted by molar-refractivity contribution is 7.98. The van der Waals surface area contributed by atoms with Gasteiger partial charge in [0.2, 0.25) is 47.3 Å². The number of nitrogens with one attached hydrogen (secondary N) is 7. The van der Waals surface area contributed by atoms with E-state index in [9.17, 15) is 68.7 Å². The average molecular weight is 983 g/mol. The summed E-state index contributed by atoms with van der Waals surface area (Å²) >= 11 is 1.35. The average Bonchev–Trinajstić information content (AvgIpc) is 3.81. The molecule has 24 nitrogen and oxygen atoms in total. The van der Waals surface area contributed by atoms with Gasteiger partial charge >= 0.3 is 5.97 Å². The summed E-state index contributed by atoms with van der Waals surface area (Å²) in [6.07, 6.45) is 3.48. The number of benzene rings is 1. The lowest BCUT2D eigenvalue weighted by Crippen LogP contribution is -2.62. The molecule has 1 aromatic carbocycles. The van der Waals surface area contributed by atoms with Crippen molar-refractivity contribution in [1.29, 1.82) is 0 Å². The third kappa shape index (κ3) is 18.5. The zero-order valence-electron chi connectivity index (χ0n) is 38.9. The van der Waals surface area contributed by atoms with Crippen LogP contribution >= 0.6 is 11.8 Å². The van der Waals surface area contributed by atoms with Crippen LogP contribution in [-0.4, -0.2) is 183 Å². The number of nitrogens with zero attached hydrogens (tertiary/aromatic N) is 1. The quantitative estimate of drug-likeness (QED) is 0.0324. The van der Waals surface area contributed by atoms with Gasteiger partial charge in [0, 0.05) is 13.0 Å². The summed E-state index contributed by atoms with van der Waals surface area (Å²) < 4.78 is 0. The van der Waals surface area contributed by atoms with E-state index in [1.54, 1.807) is 20.1 Å². The lowest BCUT2D eigenvalue weighted by Gasteiger charge is -2.29. The van der Waals surface area contributed by atoms with Gasteiger partial charge in [-0.05, 0) is 87.6 Å². The number of amides is 8. The van der Waals surface area contributed by atoms with Crippen molar-refractivity contribution in [3.8, 4) is 5.75 Å². The number of aliphatic hydroxyl groups is 3. The maximum atomic E-state index is 14.0.